The monoisotopic (exact) mass is 498 g/mol. The number of thiazole rings is 1. The van der Waals surface area contributed by atoms with E-state index in [9.17, 15) is 18.0 Å². The van der Waals surface area contributed by atoms with Crippen molar-refractivity contribution in [2.45, 2.75) is 30.7 Å². The lowest BCUT2D eigenvalue weighted by atomic mass is 9.99. The van der Waals surface area contributed by atoms with Crippen molar-refractivity contribution in [1.29, 1.82) is 0 Å². The lowest BCUT2D eigenvalue weighted by molar-refractivity contribution is -0.120. The topological polar surface area (TPSA) is 109 Å². The Hall–Kier alpha value is -2.21. The number of fused-ring (bicyclic) bond motifs is 1. The number of carbonyl (C=O) groups is 2. The summed E-state index contributed by atoms with van der Waals surface area (Å²) in [5.74, 6) is -0.727. The molecule has 1 aromatic carbocycles. The molecule has 4 rings (SSSR count). The van der Waals surface area contributed by atoms with Crippen LogP contribution in [0.25, 0.3) is 0 Å². The van der Waals surface area contributed by atoms with Crippen LogP contribution in [0.5, 0.6) is 0 Å². The van der Waals surface area contributed by atoms with Crippen LogP contribution in [-0.2, 0) is 32.5 Å². The van der Waals surface area contributed by atoms with E-state index in [-0.39, 0.29) is 23.4 Å². The maximum absolute atomic E-state index is 13.0. The number of halogens is 1. The number of sulfonamides is 1. The summed E-state index contributed by atoms with van der Waals surface area (Å²) in [6.07, 6.45) is 1.39. The molecule has 1 N–H and O–H groups in total. The summed E-state index contributed by atoms with van der Waals surface area (Å²) in [5, 5.41) is 3.76. The van der Waals surface area contributed by atoms with Crippen LogP contribution in [0.1, 0.15) is 23.4 Å². The maximum atomic E-state index is 13.0. The van der Waals surface area contributed by atoms with Crippen molar-refractivity contribution in [3.63, 3.8) is 0 Å². The van der Waals surface area contributed by atoms with Gasteiger partial charge < -0.3 is 15.0 Å². The van der Waals surface area contributed by atoms with E-state index in [1.165, 1.54) is 47.0 Å². The van der Waals surface area contributed by atoms with Gasteiger partial charge in [-0.1, -0.05) is 22.9 Å². The van der Waals surface area contributed by atoms with Gasteiger partial charge in [-0.05, 0) is 37.1 Å². The van der Waals surface area contributed by atoms with Crippen molar-refractivity contribution in [1.82, 2.24) is 14.2 Å². The first-order chi connectivity index (χ1) is 15.3. The van der Waals surface area contributed by atoms with E-state index in [4.69, 9.17) is 16.3 Å². The SMILES string of the molecule is COC(=O)N1CCc2nc(NC(=O)C3CCCN(S(=O)(=O)c4ccc(Cl)cc4)C3)sc2C1. The van der Waals surface area contributed by atoms with Gasteiger partial charge in [-0.3, -0.25) is 4.79 Å². The van der Waals surface area contributed by atoms with E-state index < -0.39 is 15.9 Å². The standard InChI is InChI=1S/C20H23ClN4O5S2/c1-30-20(27)24-10-8-16-17(12-24)31-19(22-16)23-18(26)13-3-2-9-25(11-13)32(28,29)15-6-4-14(21)5-7-15/h4-7,13H,2-3,8-12H2,1H3,(H,22,23,26). The van der Waals surface area contributed by atoms with Gasteiger partial charge in [-0.15, -0.1) is 0 Å². The summed E-state index contributed by atoms with van der Waals surface area (Å²) in [6, 6.07) is 6.01. The Morgan fingerprint density at radius 2 is 2.00 bits per heavy atom. The number of nitrogens with zero attached hydrogens (tertiary/aromatic N) is 3. The molecule has 1 saturated heterocycles. The normalized spacial score (nSPS) is 19.3. The zero-order valence-electron chi connectivity index (χ0n) is 17.4. The summed E-state index contributed by atoms with van der Waals surface area (Å²) in [4.78, 5) is 31.8. The van der Waals surface area contributed by atoms with Gasteiger partial charge in [0.05, 0.1) is 30.2 Å². The lowest BCUT2D eigenvalue weighted by Crippen LogP contribution is -2.43. The van der Waals surface area contributed by atoms with E-state index in [1.807, 2.05) is 0 Å². The largest absolute Gasteiger partial charge is 0.453 e. The van der Waals surface area contributed by atoms with Crippen molar-refractivity contribution in [3.05, 3.63) is 39.9 Å². The molecule has 9 nitrogen and oxygen atoms in total. The molecule has 1 aromatic heterocycles. The van der Waals surface area contributed by atoms with Gasteiger partial charge in [0.1, 0.15) is 0 Å². The fourth-order valence-electron chi connectivity index (χ4n) is 3.87. The number of piperidine rings is 1. The summed E-state index contributed by atoms with van der Waals surface area (Å²) < 4.78 is 32.1. The number of benzene rings is 1. The van der Waals surface area contributed by atoms with Gasteiger partial charge >= 0.3 is 6.09 Å². The van der Waals surface area contributed by atoms with Gasteiger partial charge in [-0.2, -0.15) is 4.31 Å². The molecule has 0 spiro atoms. The van der Waals surface area contributed by atoms with Crippen LogP contribution in [0.15, 0.2) is 29.2 Å². The Morgan fingerprint density at radius 3 is 2.72 bits per heavy atom. The number of nitrogens with one attached hydrogen (secondary N) is 1. The van der Waals surface area contributed by atoms with Crippen molar-refractivity contribution in [2.75, 3.05) is 32.1 Å². The number of aromatic nitrogens is 1. The Bertz CT molecular complexity index is 1120. The van der Waals surface area contributed by atoms with Crippen LogP contribution in [0, 0.1) is 5.92 Å². The molecule has 2 aliphatic rings. The molecule has 2 aromatic rings. The van der Waals surface area contributed by atoms with Crippen LogP contribution in [0.4, 0.5) is 9.93 Å². The minimum absolute atomic E-state index is 0.109. The predicted octanol–water partition coefficient (Wildman–Crippen LogP) is 2.96. The first-order valence-corrected chi connectivity index (χ1v) is 12.8. The summed E-state index contributed by atoms with van der Waals surface area (Å²) in [7, 11) is -2.36. The van der Waals surface area contributed by atoms with Crippen molar-refractivity contribution < 1.29 is 22.7 Å². The van der Waals surface area contributed by atoms with Crippen LogP contribution in [0.2, 0.25) is 5.02 Å². The molecule has 0 saturated carbocycles. The van der Waals surface area contributed by atoms with Crippen molar-refractivity contribution in [2.24, 2.45) is 5.92 Å². The molecule has 0 radical (unpaired) electrons. The second-order valence-corrected chi connectivity index (χ2v) is 11.1. The third-order valence-electron chi connectivity index (χ3n) is 5.60. The Kier molecular flexibility index (Phi) is 6.70. The van der Waals surface area contributed by atoms with E-state index in [0.717, 1.165) is 10.6 Å². The Labute approximate surface area is 195 Å². The van der Waals surface area contributed by atoms with E-state index >= 15 is 0 Å². The third-order valence-corrected chi connectivity index (χ3v) is 8.73. The van der Waals surface area contributed by atoms with Crippen LogP contribution < -0.4 is 5.32 Å². The van der Waals surface area contributed by atoms with Gasteiger partial charge in [0.2, 0.25) is 15.9 Å². The average Bonchev–Trinajstić information content (AvgIpc) is 3.20. The number of carbonyl (C=O) groups excluding carboxylic acids is 2. The molecule has 32 heavy (non-hydrogen) atoms. The second kappa shape index (κ2) is 9.34. The van der Waals surface area contributed by atoms with Gasteiger partial charge in [0.25, 0.3) is 0 Å². The first-order valence-electron chi connectivity index (χ1n) is 10.2. The molecule has 3 heterocycles. The highest BCUT2D eigenvalue weighted by Crippen LogP contribution is 2.30. The number of hydrogen-bond acceptors (Lipinski definition) is 7. The second-order valence-electron chi connectivity index (χ2n) is 7.68. The quantitative estimate of drug-likeness (QED) is 0.694. The molecule has 12 heteroatoms. The minimum atomic E-state index is -3.70. The molecule has 2 aliphatic heterocycles. The zero-order valence-corrected chi connectivity index (χ0v) is 19.8. The fourth-order valence-corrected chi connectivity index (χ4v) is 6.55. The number of amides is 2. The third kappa shape index (κ3) is 4.75. The number of hydrogen-bond donors (Lipinski definition) is 1. The van der Waals surface area contributed by atoms with Gasteiger partial charge in [0.15, 0.2) is 5.13 Å². The van der Waals surface area contributed by atoms with Gasteiger partial charge in [0, 0.05) is 36.0 Å². The molecule has 0 aliphatic carbocycles. The number of ether oxygens (including phenoxy) is 1. The summed E-state index contributed by atoms with van der Waals surface area (Å²) >= 11 is 7.19. The van der Waals surface area contributed by atoms with E-state index in [2.05, 4.69) is 10.3 Å². The molecular formula is C20H23ClN4O5S2. The van der Waals surface area contributed by atoms with Crippen molar-refractivity contribution in [3.8, 4) is 0 Å². The van der Waals surface area contributed by atoms with Crippen molar-refractivity contribution >= 4 is 50.1 Å². The average molecular weight is 499 g/mol. The number of rotatable bonds is 4. The fraction of sp³-hybridized carbons (Fsp3) is 0.450. The lowest BCUT2D eigenvalue weighted by Gasteiger charge is -2.31. The van der Waals surface area contributed by atoms with Gasteiger partial charge in [-0.25, -0.2) is 18.2 Å². The Morgan fingerprint density at radius 1 is 1.25 bits per heavy atom. The highest BCUT2D eigenvalue weighted by Gasteiger charge is 2.34. The van der Waals surface area contributed by atoms with Crippen LogP contribution >= 0.6 is 22.9 Å². The molecule has 1 fully saturated rings. The molecule has 2 amide bonds. The molecular weight excluding hydrogens is 476 g/mol. The maximum Gasteiger partial charge on any atom is 0.409 e. The minimum Gasteiger partial charge on any atom is -0.453 e. The van der Waals surface area contributed by atoms with E-state index in [1.54, 1.807) is 4.90 Å². The van der Waals surface area contributed by atoms with Crippen LogP contribution in [-0.4, -0.2) is 61.4 Å². The molecule has 1 unspecified atom stereocenters. The molecule has 172 valence electrons. The number of methoxy groups -OCH3 is 1. The molecule has 0 bridgehead atoms. The molecule has 1 atom stereocenters. The highest BCUT2D eigenvalue weighted by molar-refractivity contribution is 7.89. The van der Waals surface area contributed by atoms with Crippen LogP contribution in [0.3, 0.4) is 0 Å². The first kappa shape index (κ1) is 23.0. The van der Waals surface area contributed by atoms with E-state index in [0.29, 0.717) is 49.1 Å². The number of anilines is 1. The highest BCUT2D eigenvalue weighted by atomic mass is 35.5. The summed E-state index contributed by atoms with van der Waals surface area (Å²) in [5.41, 5.74) is 0.862. The Balaban J connectivity index is 1.42. The zero-order chi connectivity index (χ0) is 22.9. The predicted molar refractivity (Wildman–Crippen MR) is 120 cm³/mol. The summed E-state index contributed by atoms with van der Waals surface area (Å²) in [6.45, 7) is 1.38. The smallest absolute Gasteiger partial charge is 0.409 e.